The van der Waals surface area contributed by atoms with E-state index in [1.54, 1.807) is 49.8 Å². The summed E-state index contributed by atoms with van der Waals surface area (Å²) >= 11 is 0. The second kappa shape index (κ2) is 50.6. The minimum Gasteiger partial charge on any atom is -0.574 e. The molecule has 566 valence electrons. The first-order valence-electron chi connectivity index (χ1n) is 32.4. The number of benzene rings is 7. The van der Waals surface area contributed by atoms with E-state index in [0.29, 0.717) is 45.6 Å². The van der Waals surface area contributed by atoms with Crippen LogP contribution in [0.3, 0.4) is 0 Å². The summed E-state index contributed by atoms with van der Waals surface area (Å²) in [5.74, 6) is 1.58. The summed E-state index contributed by atoms with van der Waals surface area (Å²) in [4.78, 5) is 55.8. The minimum absolute atomic E-state index is 0. The van der Waals surface area contributed by atoms with Crippen molar-refractivity contribution < 1.29 is 132 Å². The number of phenolic OH excluding ortho intramolecular Hbond substituents is 2. The maximum Gasteiger partial charge on any atom is 2.00 e. The zero-order valence-corrected chi connectivity index (χ0v) is 71.4. The number of rotatable bonds is 9. The molecule has 0 spiro atoms. The van der Waals surface area contributed by atoms with E-state index in [0.717, 1.165) is 62.2 Å². The number of nitrogens with zero attached hydrogens (tertiary/aromatic N) is 13. The number of pyridine rings is 6. The van der Waals surface area contributed by atoms with Crippen LogP contribution >= 0.6 is 0 Å². The quantitative estimate of drug-likeness (QED) is 0.0524. The first kappa shape index (κ1) is 93.2. The number of hydrogen-bond acceptors (Lipinski definition) is 16. The molecular formula is C86H69Ir2N13O6OsPt2-6. The SMILES string of the molecule is CC(=O)C=C(C)O.Cc1cc(-c2ccccn2)[n-]n1.Cc1cc(-c2ccccn2)[n-]n1.Cc1n[n-]c(-c2ccccn2)n1.Oc1ccccc1-c1cccc(-c2cccc(-c3ccccc3O)n2)n1.[CH-]=O.[CH-]=O.[Ir].[Ir].[Os].[Pt+2].[Pt].[c-]1ccccc1-c1[c-]ccc2ccccc12.[c-]1ccccc1-c1nccc2ccccc12. The molecule has 16 rings (SSSR count). The molecule has 9 heterocycles. The van der Waals surface area contributed by atoms with E-state index in [-0.39, 0.29) is 125 Å². The van der Waals surface area contributed by atoms with Crippen molar-refractivity contribution in [3.8, 4) is 102 Å². The maximum atomic E-state index is 10.1. The normalized spacial score (nSPS) is 9.66. The summed E-state index contributed by atoms with van der Waals surface area (Å²) in [7, 11) is 0. The number of carbonyl (C=O) groups is 1. The Kier molecular flexibility index (Phi) is 42.8. The number of allylic oxidation sites excluding steroid dienone is 2. The Labute approximate surface area is 707 Å². The zero-order valence-electron chi connectivity index (χ0n) is 59.5. The summed E-state index contributed by atoms with van der Waals surface area (Å²) in [6, 6.07) is 94.8. The molecule has 0 atom stereocenters. The van der Waals surface area contributed by atoms with E-state index in [4.69, 9.17) is 14.7 Å². The van der Waals surface area contributed by atoms with Gasteiger partial charge in [0.15, 0.2) is 5.78 Å². The van der Waals surface area contributed by atoms with Gasteiger partial charge in [-0.25, -0.2) is 21.1 Å². The summed E-state index contributed by atoms with van der Waals surface area (Å²) in [5, 5.41) is 56.8. The fourth-order valence-electron chi connectivity index (χ4n) is 9.92. The molecule has 24 heteroatoms. The van der Waals surface area contributed by atoms with Crippen molar-refractivity contribution in [2.45, 2.75) is 34.6 Å². The molecular weight excluding hydrogens is 2280 g/mol. The van der Waals surface area contributed by atoms with Gasteiger partial charge in [-0.2, -0.15) is 36.4 Å². The molecule has 9 aromatic heterocycles. The Morgan fingerprint density at radius 3 is 1.26 bits per heavy atom. The number of hydrogen-bond donors (Lipinski definition) is 3. The number of carbonyl (C=O) groups excluding carboxylic acids is 3. The van der Waals surface area contributed by atoms with Gasteiger partial charge in [0.2, 0.25) is 0 Å². The first-order chi connectivity index (χ1) is 51.3. The number of para-hydroxylation sites is 2. The Bertz CT molecular complexity index is 4950. The topological polar surface area (TPSA) is 283 Å². The molecule has 7 aromatic carbocycles. The Morgan fingerprint density at radius 2 is 0.845 bits per heavy atom. The first-order valence-corrected chi connectivity index (χ1v) is 32.4. The third-order valence-corrected chi connectivity index (χ3v) is 14.5. The second-order valence-electron chi connectivity index (χ2n) is 22.2. The van der Waals surface area contributed by atoms with E-state index in [2.05, 4.69) is 146 Å². The molecule has 0 unspecified atom stereocenters. The van der Waals surface area contributed by atoms with Crippen LogP contribution in [0.15, 0.2) is 304 Å². The van der Waals surface area contributed by atoms with Gasteiger partial charge in [0.1, 0.15) is 11.5 Å². The molecule has 0 aliphatic heterocycles. The molecule has 0 saturated carbocycles. The van der Waals surface area contributed by atoms with Gasteiger partial charge in [0.05, 0.1) is 34.2 Å². The summed E-state index contributed by atoms with van der Waals surface area (Å²) in [5.41, 5.74) is 14.4. The number of aromatic nitrogens is 13. The van der Waals surface area contributed by atoms with E-state index >= 15 is 0 Å². The van der Waals surface area contributed by atoms with Crippen LogP contribution in [0.4, 0.5) is 0 Å². The monoisotopic (exact) mass is 2350 g/mol. The average Bonchev–Trinajstić information content (AvgIpc) is 0.948. The van der Waals surface area contributed by atoms with Crippen molar-refractivity contribution in [3.63, 3.8) is 0 Å². The van der Waals surface area contributed by atoms with Crippen LogP contribution in [0.25, 0.3) is 112 Å². The van der Waals surface area contributed by atoms with Crippen LogP contribution in [-0.4, -0.2) is 84.9 Å². The summed E-state index contributed by atoms with van der Waals surface area (Å²) < 4.78 is 0. The van der Waals surface area contributed by atoms with Crippen molar-refractivity contribution in [3.05, 3.63) is 339 Å². The smallest absolute Gasteiger partial charge is 0.574 e. The van der Waals surface area contributed by atoms with Gasteiger partial charge in [-0.05, 0) is 148 Å². The van der Waals surface area contributed by atoms with Crippen LogP contribution < -0.4 is 15.3 Å². The van der Waals surface area contributed by atoms with Crippen LogP contribution in [0.2, 0.25) is 0 Å². The van der Waals surface area contributed by atoms with Gasteiger partial charge < -0.3 is 60.4 Å². The molecule has 16 aromatic rings. The van der Waals surface area contributed by atoms with E-state index < -0.39 is 0 Å². The third kappa shape index (κ3) is 28.8. The molecule has 2 radical (unpaired) electrons. The number of aliphatic hydroxyl groups excluding tert-OH is 1. The molecule has 0 bridgehead atoms. The van der Waals surface area contributed by atoms with Crippen LogP contribution in [0.1, 0.15) is 31.1 Å². The van der Waals surface area contributed by atoms with Crippen molar-refractivity contribution >= 4 is 40.9 Å². The van der Waals surface area contributed by atoms with E-state index in [1.807, 2.05) is 214 Å². The van der Waals surface area contributed by atoms with Crippen LogP contribution in [0, 0.1) is 39.0 Å². The van der Waals surface area contributed by atoms with Crippen LogP contribution in [-0.2, 0) is 117 Å². The molecule has 0 aliphatic rings. The number of aryl methyl sites for hydroxylation is 3. The number of ketones is 1. The molecule has 0 aliphatic carbocycles. The summed E-state index contributed by atoms with van der Waals surface area (Å²) in [6.07, 6.45) is 8.22. The predicted molar refractivity (Wildman–Crippen MR) is 410 cm³/mol. The second-order valence-corrected chi connectivity index (χ2v) is 22.2. The number of aromatic hydroxyl groups is 2. The number of phenols is 2. The van der Waals surface area contributed by atoms with Gasteiger partial charge in [-0.3, -0.25) is 38.4 Å². The van der Waals surface area contributed by atoms with E-state index in [1.165, 1.54) is 41.5 Å². The van der Waals surface area contributed by atoms with Gasteiger partial charge in [0, 0.05) is 152 Å². The maximum absolute atomic E-state index is 10.1. The molecule has 110 heavy (non-hydrogen) atoms. The van der Waals surface area contributed by atoms with E-state index in [9.17, 15) is 15.0 Å². The van der Waals surface area contributed by atoms with Crippen molar-refractivity contribution in [1.29, 1.82) is 0 Å². The predicted octanol–water partition coefficient (Wildman–Crippen LogP) is 16.8. The van der Waals surface area contributed by atoms with Crippen molar-refractivity contribution in [2.75, 3.05) is 0 Å². The Balaban J connectivity index is 0.000000337. The van der Waals surface area contributed by atoms with Gasteiger partial charge >= 0.3 is 21.1 Å². The van der Waals surface area contributed by atoms with Crippen molar-refractivity contribution in [2.24, 2.45) is 0 Å². The fraction of sp³-hybridized carbons (Fsp3) is 0.0581. The largest absolute Gasteiger partial charge is 2.00 e. The van der Waals surface area contributed by atoms with Gasteiger partial charge in [-0.1, -0.05) is 121 Å². The number of fused-ring (bicyclic) bond motifs is 2. The Morgan fingerprint density at radius 1 is 0.418 bits per heavy atom. The van der Waals surface area contributed by atoms with Gasteiger partial charge in [-0.15, -0.1) is 64.9 Å². The summed E-state index contributed by atoms with van der Waals surface area (Å²) in [6.45, 7) is 15.0. The fourth-order valence-corrected chi connectivity index (χ4v) is 9.92. The molecule has 19 nitrogen and oxygen atoms in total. The number of aliphatic hydroxyl groups is 1. The van der Waals surface area contributed by atoms with Gasteiger partial charge in [0.25, 0.3) is 0 Å². The molecule has 0 saturated heterocycles. The standard InChI is InChI=1S/C22H16N2O2.C16H10.C15H10N.2C9H8N3.C8H7N4.C5H8O2.2CHO.2Ir.Os.2Pt/c25-21-13-3-1-7-15(21)17-9-5-11-19(23-17)20-12-6-10-18(24-20)16-8-2-4-14-22(16)26;1-2-7-13(8-3-1)16-12-6-10-14-9-4-5-11-15(14)16;1-2-7-13(8-3-1)15-14-9-5-4-6-12(14)10-11-16-15;2*1-7-6-9(12-11-7)8-4-2-3-5-10-8;1-6-10-8(12-11-6)7-4-2-3-5-9-7;1-4(6)3-5(2)7;2*1-2;;;;;/h1-14,25-26H;2*1-7,9-11H;2*2-6H,1H3;2-5H,1H3;3,6H,1-2H3;2*1H;;;;;/q;-2;4*-1;;2*-1;;;;;+2. The molecule has 0 fully saturated rings. The average molecular weight is 2350 g/mol. The Hall–Kier alpha value is -11.0. The molecule has 3 N–H and O–H groups in total. The zero-order chi connectivity index (χ0) is 74.6. The van der Waals surface area contributed by atoms with Crippen LogP contribution in [0.5, 0.6) is 11.5 Å². The molecule has 0 amide bonds. The third-order valence-electron chi connectivity index (χ3n) is 14.5. The minimum atomic E-state index is -0.125. The van der Waals surface area contributed by atoms with Crippen molar-refractivity contribution in [1.82, 2.24) is 65.5 Å².